The Kier molecular flexibility index (Phi) is 5.76. The molecule has 0 fully saturated rings. The molecule has 3 nitrogen and oxygen atoms in total. The van der Waals surface area contributed by atoms with Crippen LogP contribution >= 0.6 is 22.6 Å². The lowest BCUT2D eigenvalue weighted by Gasteiger charge is -2.19. The van der Waals surface area contributed by atoms with E-state index in [9.17, 15) is 9.18 Å². The van der Waals surface area contributed by atoms with Crippen LogP contribution in [0.5, 0.6) is 5.75 Å². The van der Waals surface area contributed by atoms with Crippen LogP contribution in [0.15, 0.2) is 48.5 Å². The molecular formula is C17H17FINO2. The molecule has 0 aromatic heterocycles. The Morgan fingerprint density at radius 2 is 1.68 bits per heavy atom. The van der Waals surface area contributed by atoms with Crippen LogP contribution < -0.4 is 10.1 Å². The summed E-state index contributed by atoms with van der Waals surface area (Å²) in [5.41, 5.74) is 0.844. The summed E-state index contributed by atoms with van der Waals surface area (Å²) in [4.78, 5) is 12.2. The summed E-state index contributed by atoms with van der Waals surface area (Å²) in [5.74, 6) is 0.144. The highest BCUT2D eigenvalue weighted by atomic mass is 127. The number of halogens is 2. The Bertz CT molecular complexity index is 628. The van der Waals surface area contributed by atoms with Crippen LogP contribution in [-0.4, -0.2) is 12.0 Å². The zero-order valence-electron chi connectivity index (χ0n) is 12.3. The van der Waals surface area contributed by atoms with Gasteiger partial charge in [-0.15, -0.1) is 0 Å². The van der Waals surface area contributed by atoms with Crippen LogP contribution in [0.1, 0.15) is 25.5 Å². The van der Waals surface area contributed by atoms with Gasteiger partial charge in [-0.2, -0.15) is 0 Å². The van der Waals surface area contributed by atoms with Crippen LogP contribution in [0, 0.1) is 9.39 Å². The van der Waals surface area contributed by atoms with Crippen molar-refractivity contribution in [2.45, 2.75) is 26.0 Å². The molecule has 0 spiro atoms. The molecule has 0 unspecified atom stereocenters. The molecule has 2 aromatic carbocycles. The number of hydrogen-bond donors (Lipinski definition) is 1. The first-order valence-corrected chi connectivity index (χ1v) is 8.01. The van der Waals surface area contributed by atoms with Crippen LogP contribution in [0.3, 0.4) is 0 Å². The maximum absolute atomic E-state index is 12.9. The summed E-state index contributed by atoms with van der Waals surface area (Å²) >= 11 is 2.21. The van der Waals surface area contributed by atoms with E-state index >= 15 is 0 Å². The van der Waals surface area contributed by atoms with Crippen LogP contribution in [0.4, 0.5) is 4.39 Å². The standard InChI is InChI=1S/C17H17FINO2/c1-11(13-3-5-14(18)6-4-13)20-17(21)12(2)22-16-9-7-15(19)8-10-16/h3-12H,1-2H3,(H,20,21)/t11-,12+/m0/s1. The van der Waals surface area contributed by atoms with Crippen LogP contribution in [0.2, 0.25) is 0 Å². The second-order valence-electron chi connectivity index (χ2n) is 5.00. The minimum Gasteiger partial charge on any atom is -0.481 e. The van der Waals surface area contributed by atoms with Gasteiger partial charge in [0.15, 0.2) is 6.10 Å². The van der Waals surface area contributed by atoms with Crippen molar-refractivity contribution in [1.82, 2.24) is 5.32 Å². The van der Waals surface area contributed by atoms with E-state index < -0.39 is 6.10 Å². The highest BCUT2D eigenvalue weighted by molar-refractivity contribution is 14.1. The second-order valence-corrected chi connectivity index (χ2v) is 6.24. The van der Waals surface area contributed by atoms with Gasteiger partial charge in [-0.1, -0.05) is 12.1 Å². The quantitative estimate of drug-likeness (QED) is 0.751. The first-order valence-electron chi connectivity index (χ1n) is 6.94. The van der Waals surface area contributed by atoms with Crippen molar-refractivity contribution in [3.8, 4) is 5.75 Å². The predicted octanol–water partition coefficient (Wildman–Crippen LogP) is 4.08. The summed E-state index contributed by atoms with van der Waals surface area (Å²) in [5, 5.41) is 2.86. The lowest BCUT2D eigenvalue weighted by atomic mass is 10.1. The van der Waals surface area contributed by atoms with Crippen molar-refractivity contribution in [3.63, 3.8) is 0 Å². The first-order chi connectivity index (χ1) is 10.5. The van der Waals surface area contributed by atoms with Gasteiger partial charge in [-0.05, 0) is 78.4 Å². The van der Waals surface area contributed by atoms with Gasteiger partial charge in [-0.25, -0.2) is 4.39 Å². The summed E-state index contributed by atoms with van der Waals surface area (Å²) < 4.78 is 19.6. The van der Waals surface area contributed by atoms with E-state index in [2.05, 4.69) is 27.9 Å². The average Bonchev–Trinajstić information content (AvgIpc) is 2.50. The van der Waals surface area contributed by atoms with Gasteiger partial charge in [-0.3, -0.25) is 4.79 Å². The van der Waals surface area contributed by atoms with Gasteiger partial charge < -0.3 is 10.1 Å². The highest BCUT2D eigenvalue weighted by Gasteiger charge is 2.17. The molecule has 0 radical (unpaired) electrons. The number of carbonyl (C=O) groups excluding carboxylic acids is 1. The van der Waals surface area contributed by atoms with Gasteiger partial charge in [0, 0.05) is 3.57 Å². The van der Waals surface area contributed by atoms with E-state index in [-0.39, 0.29) is 17.8 Å². The van der Waals surface area contributed by atoms with E-state index in [4.69, 9.17) is 4.74 Å². The normalized spacial score (nSPS) is 13.3. The third-order valence-corrected chi connectivity index (χ3v) is 3.94. The minimum atomic E-state index is -0.608. The highest BCUT2D eigenvalue weighted by Crippen LogP contribution is 2.16. The monoisotopic (exact) mass is 413 g/mol. The van der Waals surface area contributed by atoms with Crippen molar-refractivity contribution in [2.75, 3.05) is 0 Å². The molecule has 5 heteroatoms. The van der Waals surface area contributed by atoms with Crippen molar-refractivity contribution in [1.29, 1.82) is 0 Å². The third-order valence-electron chi connectivity index (χ3n) is 3.22. The largest absolute Gasteiger partial charge is 0.481 e. The van der Waals surface area contributed by atoms with E-state index in [1.807, 2.05) is 31.2 Å². The van der Waals surface area contributed by atoms with Gasteiger partial charge >= 0.3 is 0 Å². The molecule has 0 bridgehead atoms. The minimum absolute atomic E-state index is 0.212. The molecule has 1 N–H and O–H groups in total. The van der Waals surface area contributed by atoms with Crippen molar-refractivity contribution >= 4 is 28.5 Å². The molecule has 1 amide bonds. The Labute approximate surface area is 143 Å². The van der Waals surface area contributed by atoms with Gasteiger partial charge in [0.1, 0.15) is 11.6 Å². The molecule has 22 heavy (non-hydrogen) atoms. The molecule has 0 saturated heterocycles. The number of ether oxygens (including phenoxy) is 1. The van der Waals surface area contributed by atoms with E-state index in [0.717, 1.165) is 9.13 Å². The summed E-state index contributed by atoms with van der Waals surface area (Å²) in [6, 6.07) is 13.4. The van der Waals surface area contributed by atoms with E-state index in [0.29, 0.717) is 5.75 Å². The Hall–Kier alpha value is -1.63. The SMILES string of the molecule is C[C@H](NC(=O)[C@@H](C)Oc1ccc(I)cc1)c1ccc(F)cc1. The lowest BCUT2D eigenvalue weighted by molar-refractivity contribution is -0.127. The molecular weight excluding hydrogens is 396 g/mol. The van der Waals surface area contributed by atoms with E-state index in [1.165, 1.54) is 12.1 Å². The number of rotatable bonds is 5. The van der Waals surface area contributed by atoms with Crippen molar-refractivity contribution in [3.05, 3.63) is 63.5 Å². The second kappa shape index (κ2) is 7.58. The smallest absolute Gasteiger partial charge is 0.261 e. The number of benzene rings is 2. The van der Waals surface area contributed by atoms with Crippen molar-refractivity contribution in [2.24, 2.45) is 0 Å². The van der Waals surface area contributed by atoms with Gasteiger partial charge in [0.2, 0.25) is 0 Å². The third kappa shape index (κ3) is 4.69. The first kappa shape index (κ1) is 16.7. The zero-order valence-corrected chi connectivity index (χ0v) is 14.5. The molecule has 0 aliphatic rings. The van der Waals surface area contributed by atoms with Crippen LogP contribution in [0.25, 0.3) is 0 Å². The summed E-state index contributed by atoms with van der Waals surface area (Å²) in [7, 11) is 0. The fraction of sp³-hybridized carbons (Fsp3) is 0.235. The lowest BCUT2D eigenvalue weighted by Crippen LogP contribution is -2.37. The maximum Gasteiger partial charge on any atom is 0.261 e. The molecule has 116 valence electrons. The zero-order chi connectivity index (χ0) is 16.1. The summed E-state index contributed by atoms with van der Waals surface area (Å²) in [6.07, 6.45) is -0.608. The maximum atomic E-state index is 12.9. The molecule has 0 heterocycles. The molecule has 2 aromatic rings. The topological polar surface area (TPSA) is 38.3 Å². The molecule has 2 atom stereocenters. The van der Waals surface area contributed by atoms with Crippen LogP contribution in [-0.2, 0) is 4.79 Å². The Balaban J connectivity index is 1.93. The Morgan fingerprint density at radius 3 is 2.27 bits per heavy atom. The average molecular weight is 413 g/mol. The molecule has 0 aliphatic heterocycles. The molecule has 0 aliphatic carbocycles. The fourth-order valence-corrected chi connectivity index (χ4v) is 2.30. The number of hydrogen-bond acceptors (Lipinski definition) is 2. The van der Waals surface area contributed by atoms with Crippen molar-refractivity contribution < 1.29 is 13.9 Å². The fourth-order valence-electron chi connectivity index (χ4n) is 1.94. The summed E-state index contributed by atoms with van der Waals surface area (Å²) in [6.45, 7) is 3.55. The Morgan fingerprint density at radius 1 is 1.09 bits per heavy atom. The molecule has 0 saturated carbocycles. The number of carbonyl (C=O) groups is 1. The van der Waals surface area contributed by atoms with Gasteiger partial charge in [0.05, 0.1) is 6.04 Å². The molecule has 2 rings (SSSR count). The number of amides is 1. The van der Waals surface area contributed by atoms with Gasteiger partial charge in [0.25, 0.3) is 5.91 Å². The predicted molar refractivity (Wildman–Crippen MR) is 92.2 cm³/mol. The number of nitrogens with one attached hydrogen (secondary N) is 1. The van der Waals surface area contributed by atoms with E-state index in [1.54, 1.807) is 19.1 Å².